The molecule has 0 saturated heterocycles. The molecule has 0 radical (unpaired) electrons. The van der Waals surface area contributed by atoms with E-state index in [0.717, 1.165) is 10.8 Å². The van der Waals surface area contributed by atoms with Crippen LogP contribution in [0, 0.1) is 19.7 Å². The molecule has 4 nitrogen and oxygen atoms in total. The van der Waals surface area contributed by atoms with Crippen LogP contribution in [0.2, 0.25) is 0 Å². The minimum absolute atomic E-state index is 0.219. The summed E-state index contributed by atoms with van der Waals surface area (Å²) in [6.07, 6.45) is 0. The minimum atomic E-state index is -0.321. The van der Waals surface area contributed by atoms with Gasteiger partial charge in [0.25, 0.3) is 5.91 Å². The molecule has 2 aromatic carbocycles. The summed E-state index contributed by atoms with van der Waals surface area (Å²) < 4.78 is 19.1. The van der Waals surface area contributed by atoms with Crippen molar-refractivity contribution < 1.29 is 13.9 Å². The number of nitrogens with one attached hydrogen (secondary N) is 1. The molecule has 0 aliphatic heterocycles. The van der Waals surface area contributed by atoms with Crippen molar-refractivity contribution in [3.63, 3.8) is 0 Å². The molecular weight excluding hydrogens is 363 g/mol. The fourth-order valence-corrected chi connectivity index (χ4v) is 3.51. The number of aromatic nitrogens is 1. The number of halogens is 1. The summed E-state index contributed by atoms with van der Waals surface area (Å²) in [7, 11) is 0. The Labute approximate surface area is 162 Å². The van der Waals surface area contributed by atoms with E-state index in [1.807, 2.05) is 38.1 Å². The van der Waals surface area contributed by atoms with E-state index in [4.69, 9.17) is 4.74 Å². The van der Waals surface area contributed by atoms with Crippen LogP contribution in [0.4, 0.5) is 4.39 Å². The van der Waals surface area contributed by atoms with Crippen molar-refractivity contribution in [3.05, 3.63) is 81.1 Å². The quantitative estimate of drug-likeness (QED) is 0.653. The van der Waals surface area contributed by atoms with E-state index in [1.165, 1.54) is 29.0 Å². The van der Waals surface area contributed by atoms with Crippen molar-refractivity contribution in [3.8, 4) is 5.75 Å². The summed E-state index contributed by atoms with van der Waals surface area (Å²) in [6, 6.07) is 13.7. The van der Waals surface area contributed by atoms with E-state index in [0.29, 0.717) is 22.7 Å². The number of amides is 1. The molecule has 0 aliphatic rings. The molecular formula is C21H21FN2O2S. The highest BCUT2D eigenvalue weighted by Gasteiger charge is 2.18. The molecule has 1 unspecified atom stereocenters. The van der Waals surface area contributed by atoms with Crippen LogP contribution in [0.3, 0.4) is 0 Å². The standard InChI is InChI=1S/C21H21FN2O2S/c1-13-7-9-18(10-8-13)26-12-19-23-15(3)20(27-19)21(25)24-14(2)16-5-4-6-17(22)11-16/h4-11,14H,12H2,1-3H3,(H,24,25). The van der Waals surface area contributed by atoms with E-state index < -0.39 is 0 Å². The first-order valence-corrected chi connectivity index (χ1v) is 9.46. The molecule has 140 valence electrons. The molecule has 27 heavy (non-hydrogen) atoms. The highest BCUT2D eigenvalue weighted by atomic mass is 32.1. The van der Waals surface area contributed by atoms with Gasteiger partial charge in [-0.2, -0.15) is 0 Å². The molecule has 6 heteroatoms. The first-order chi connectivity index (χ1) is 12.9. The highest BCUT2D eigenvalue weighted by molar-refractivity contribution is 7.13. The summed E-state index contributed by atoms with van der Waals surface area (Å²) >= 11 is 1.31. The van der Waals surface area contributed by atoms with Gasteiger partial charge in [-0.05, 0) is 50.6 Å². The average Bonchev–Trinajstić information content (AvgIpc) is 3.02. The molecule has 1 N–H and O–H groups in total. The molecule has 1 aromatic heterocycles. The lowest BCUT2D eigenvalue weighted by Crippen LogP contribution is -2.26. The molecule has 3 aromatic rings. The number of carbonyl (C=O) groups is 1. The maximum atomic E-state index is 13.4. The van der Waals surface area contributed by atoms with Crippen molar-refractivity contribution in [1.29, 1.82) is 0 Å². The number of hydrogen-bond acceptors (Lipinski definition) is 4. The van der Waals surface area contributed by atoms with Gasteiger partial charge >= 0.3 is 0 Å². The number of benzene rings is 2. The van der Waals surface area contributed by atoms with E-state index in [9.17, 15) is 9.18 Å². The Morgan fingerprint density at radius 3 is 2.67 bits per heavy atom. The molecule has 1 atom stereocenters. The van der Waals surface area contributed by atoms with Crippen LogP contribution in [0.5, 0.6) is 5.75 Å². The highest BCUT2D eigenvalue weighted by Crippen LogP contribution is 2.22. The predicted octanol–water partition coefficient (Wildman–Crippen LogP) is 4.97. The maximum Gasteiger partial charge on any atom is 0.263 e. The number of nitrogens with zero attached hydrogens (tertiary/aromatic N) is 1. The van der Waals surface area contributed by atoms with Gasteiger partial charge < -0.3 is 10.1 Å². The SMILES string of the molecule is Cc1ccc(OCc2nc(C)c(C(=O)NC(C)c3cccc(F)c3)s2)cc1. The lowest BCUT2D eigenvalue weighted by Gasteiger charge is -2.13. The van der Waals surface area contributed by atoms with Crippen molar-refractivity contribution in [2.75, 3.05) is 0 Å². The molecule has 3 rings (SSSR count). The zero-order valence-electron chi connectivity index (χ0n) is 15.5. The Kier molecular flexibility index (Phi) is 5.86. The summed E-state index contributed by atoms with van der Waals surface area (Å²) in [5.41, 5.74) is 2.54. The second-order valence-corrected chi connectivity index (χ2v) is 7.46. The van der Waals surface area contributed by atoms with Crippen LogP contribution in [0.25, 0.3) is 0 Å². The third kappa shape index (κ3) is 4.92. The molecule has 1 amide bonds. The van der Waals surface area contributed by atoms with Gasteiger partial charge in [0, 0.05) is 0 Å². The third-order valence-corrected chi connectivity index (χ3v) is 5.26. The number of rotatable bonds is 6. The van der Waals surface area contributed by atoms with Gasteiger partial charge in [0.05, 0.1) is 11.7 Å². The zero-order chi connectivity index (χ0) is 19.4. The van der Waals surface area contributed by atoms with Crippen LogP contribution in [-0.4, -0.2) is 10.9 Å². The molecule has 1 heterocycles. The summed E-state index contributed by atoms with van der Waals surface area (Å²) in [5.74, 6) is 0.223. The average molecular weight is 384 g/mol. The van der Waals surface area contributed by atoms with Crippen molar-refractivity contribution in [2.45, 2.75) is 33.4 Å². The number of thiazole rings is 1. The van der Waals surface area contributed by atoms with Crippen LogP contribution in [0.1, 0.15) is 44.5 Å². The molecule has 0 spiro atoms. The van der Waals surface area contributed by atoms with Gasteiger partial charge in [0.2, 0.25) is 0 Å². The van der Waals surface area contributed by atoms with Gasteiger partial charge in [0.1, 0.15) is 28.1 Å². The number of ether oxygens (including phenoxy) is 1. The molecule has 0 bridgehead atoms. The Morgan fingerprint density at radius 1 is 1.22 bits per heavy atom. The lowest BCUT2D eigenvalue weighted by molar-refractivity contribution is 0.0943. The van der Waals surface area contributed by atoms with Crippen molar-refractivity contribution in [2.24, 2.45) is 0 Å². The smallest absolute Gasteiger partial charge is 0.263 e. The summed E-state index contributed by atoms with van der Waals surface area (Å²) in [6.45, 7) is 5.95. The molecule has 0 fully saturated rings. The first-order valence-electron chi connectivity index (χ1n) is 8.64. The maximum absolute atomic E-state index is 13.4. The Bertz CT molecular complexity index is 938. The fraction of sp³-hybridized carbons (Fsp3) is 0.238. The first kappa shape index (κ1) is 19.0. The van der Waals surface area contributed by atoms with Gasteiger partial charge in [0.15, 0.2) is 0 Å². The Balaban J connectivity index is 1.64. The van der Waals surface area contributed by atoms with Crippen LogP contribution >= 0.6 is 11.3 Å². The van der Waals surface area contributed by atoms with E-state index in [-0.39, 0.29) is 17.8 Å². The number of carbonyl (C=O) groups excluding carboxylic acids is 1. The van der Waals surface area contributed by atoms with Crippen LogP contribution in [-0.2, 0) is 6.61 Å². The lowest BCUT2D eigenvalue weighted by atomic mass is 10.1. The van der Waals surface area contributed by atoms with Crippen molar-refractivity contribution in [1.82, 2.24) is 10.3 Å². The van der Waals surface area contributed by atoms with Crippen LogP contribution in [0.15, 0.2) is 48.5 Å². The predicted molar refractivity (Wildman–Crippen MR) is 105 cm³/mol. The zero-order valence-corrected chi connectivity index (χ0v) is 16.3. The van der Waals surface area contributed by atoms with Gasteiger partial charge in [-0.3, -0.25) is 4.79 Å². The second-order valence-electron chi connectivity index (χ2n) is 6.37. The van der Waals surface area contributed by atoms with Gasteiger partial charge in [-0.15, -0.1) is 11.3 Å². The Hall–Kier alpha value is -2.73. The second kappa shape index (κ2) is 8.31. The van der Waals surface area contributed by atoms with E-state index >= 15 is 0 Å². The number of hydrogen-bond donors (Lipinski definition) is 1. The third-order valence-electron chi connectivity index (χ3n) is 4.13. The van der Waals surface area contributed by atoms with E-state index in [1.54, 1.807) is 19.1 Å². The molecule has 0 aliphatic carbocycles. The largest absolute Gasteiger partial charge is 0.486 e. The Morgan fingerprint density at radius 2 is 1.96 bits per heavy atom. The topological polar surface area (TPSA) is 51.2 Å². The normalized spacial score (nSPS) is 11.9. The number of aryl methyl sites for hydroxylation is 2. The molecule has 0 saturated carbocycles. The summed E-state index contributed by atoms with van der Waals surface area (Å²) in [4.78, 5) is 17.6. The fourth-order valence-electron chi connectivity index (χ4n) is 2.63. The minimum Gasteiger partial charge on any atom is -0.486 e. The monoisotopic (exact) mass is 384 g/mol. The van der Waals surface area contributed by atoms with Gasteiger partial charge in [-0.25, -0.2) is 9.37 Å². The van der Waals surface area contributed by atoms with Crippen molar-refractivity contribution >= 4 is 17.2 Å². The van der Waals surface area contributed by atoms with Gasteiger partial charge in [-0.1, -0.05) is 29.8 Å². The van der Waals surface area contributed by atoms with Crippen LogP contribution < -0.4 is 10.1 Å². The van der Waals surface area contributed by atoms with E-state index in [2.05, 4.69) is 10.3 Å². The summed E-state index contributed by atoms with van der Waals surface area (Å²) in [5, 5.41) is 3.63.